The van der Waals surface area contributed by atoms with Crippen molar-refractivity contribution in [2.75, 3.05) is 13.6 Å². The molecule has 0 bridgehead atoms. The molecule has 2 aromatic rings. The molecule has 0 aliphatic rings. The maximum Gasteiger partial charge on any atom is 0.416 e. The van der Waals surface area contributed by atoms with Gasteiger partial charge in [0.05, 0.1) is 17.2 Å². The molecular weight excluding hydrogens is 339 g/mol. The number of benzene rings is 1. The van der Waals surface area contributed by atoms with Gasteiger partial charge in [-0.3, -0.25) is 9.59 Å². The highest BCUT2D eigenvalue weighted by Gasteiger charge is 2.30. The van der Waals surface area contributed by atoms with Gasteiger partial charge in [0.15, 0.2) is 5.69 Å². The van der Waals surface area contributed by atoms with E-state index in [1.54, 1.807) is 0 Å². The monoisotopic (exact) mass is 355 g/mol. The first-order valence-corrected chi connectivity index (χ1v) is 7.31. The molecule has 9 heteroatoms. The number of rotatable bonds is 5. The van der Waals surface area contributed by atoms with Gasteiger partial charge < -0.3 is 10.0 Å². The van der Waals surface area contributed by atoms with Crippen LogP contribution in [0.3, 0.4) is 0 Å². The van der Waals surface area contributed by atoms with Crippen molar-refractivity contribution in [3.63, 3.8) is 0 Å². The van der Waals surface area contributed by atoms with E-state index in [-0.39, 0.29) is 17.9 Å². The van der Waals surface area contributed by atoms with Gasteiger partial charge in [-0.25, -0.2) is 4.68 Å². The largest absolute Gasteiger partial charge is 0.481 e. The Labute approximate surface area is 141 Å². The van der Waals surface area contributed by atoms with Gasteiger partial charge in [-0.2, -0.15) is 18.3 Å². The molecule has 0 radical (unpaired) electrons. The van der Waals surface area contributed by atoms with E-state index in [2.05, 4.69) is 5.10 Å². The van der Waals surface area contributed by atoms with E-state index >= 15 is 0 Å². The van der Waals surface area contributed by atoms with Crippen LogP contribution in [0.2, 0.25) is 0 Å². The van der Waals surface area contributed by atoms with Gasteiger partial charge in [0, 0.05) is 19.8 Å². The van der Waals surface area contributed by atoms with E-state index < -0.39 is 29.5 Å². The minimum absolute atomic E-state index is 0.00934. The van der Waals surface area contributed by atoms with Crippen molar-refractivity contribution >= 4 is 11.9 Å². The van der Waals surface area contributed by atoms with Crippen LogP contribution in [0.25, 0.3) is 5.69 Å². The summed E-state index contributed by atoms with van der Waals surface area (Å²) in [6.45, 7) is 1.46. The van der Waals surface area contributed by atoms with Crippen molar-refractivity contribution in [2.45, 2.75) is 13.1 Å². The first-order chi connectivity index (χ1) is 11.6. The highest BCUT2D eigenvalue weighted by molar-refractivity contribution is 5.92. The van der Waals surface area contributed by atoms with Gasteiger partial charge in [0.2, 0.25) is 0 Å². The summed E-state index contributed by atoms with van der Waals surface area (Å²) in [7, 11) is 1.44. The molecule has 0 spiro atoms. The first kappa shape index (κ1) is 18.5. The summed E-state index contributed by atoms with van der Waals surface area (Å²) in [5.74, 6) is -2.30. The molecule has 1 amide bonds. The summed E-state index contributed by atoms with van der Waals surface area (Å²) >= 11 is 0. The maximum atomic E-state index is 12.8. The summed E-state index contributed by atoms with van der Waals surface area (Å²) in [6.07, 6.45) is -3.10. The average Bonchev–Trinajstić information content (AvgIpc) is 3.03. The van der Waals surface area contributed by atoms with Crippen molar-refractivity contribution in [3.05, 3.63) is 47.8 Å². The Hall–Kier alpha value is -2.84. The minimum Gasteiger partial charge on any atom is -0.481 e. The molecule has 6 nitrogen and oxygen atoms in total. The lowest BCUT2D eigenvalue weighted by Crippen LogP contribution is -2.34. The molecule has 1 aromatic heterocycles. The number of carboxylic acids is 1. The van der Waals surface area contributed by atoms with Gasteiger partial charge >= 0.3 is 12.1 Å². The number of halogens is 3. The molecule has 1 aromatic carbocycles. The number of carboxylic acid groups (broad SMARTS) is 1. The van der Waals surface area contributed by atoms with Crippen LogP contribution in [0, 0.1) is 5.92 Å². The number of carbonyl (C=O) groups is 2. The molecule has 0 aliphatic heterocycles. The van der Waals surface area contributed by atoms with Crippen molar-refractivity contribution < 1.29 is 27.9 Å². The lowest BCUT2D eigenvalue weighted by molar-refractivity contribution is -0.141. The van der Waals surface area contributed by atoms with E-state index in [4.69, 9.17) is 5.11 Å². The summed E-state index contributed by atoms with van der Waals surface area (Å²) in [6, 6.07) is 5.93. The van der Waals surface area contributed by atoms with Gasteiger partial charge in [-0.1, -0.05) is 13.0 Å². The highest BCUT2D eigenvalue weighted by Crippen LogP contribution is 2.30. The first-order valence-electron chi connectivity index (χ1n) is 7.31. The second-order valence-electron chi connectivity index (χ2n) is 5.62. The van der Waals surface area contributed by atoms with Gasteiger partial charge in [0.1, 0.15) is 0 Å². The lowest BCUT2D eigenvalue weighted by Gasteiger charge is -2.18. The van der Waals surface area contributed by atoms with Crippen molar-refractivity contribution in [1.82, 2.24) is 14.7 Å². The Morgan fingerprint density at radius 3 is 2.60 bits per heavy atom. The fourth-order valence-corrected chi connectivity index (χ4v) is 2.17. The van der Waals surface area contributed by atoms with Crippen molar-refractivity contribution in [3.8, 4) is 5.69 Å². The molecule has 0 aliphatic carbocycles. The molecule has 2 rings (SSSR count). The summed E-state index contributed by atoms with van der Waals surface area (Å²) in [5.41, 5.74) is -0.645. The van der Waals surface area contributed by atoms with Gasteiger partial charge in [-0.15, -0.1) is 0 Å². The Morgan fingerprint density at radius 2 is 2.00 bits per heavy atom. The zero-order valence-electron chi connectivity index (χ0n) is 13.5. The predicted molar refractivity (Wildman–Crippen MR) is 82.3 cm³/mol. The Balaban J connectivity index is 2.20. The minimum atomic E-state index is -4.48. The topological polar surface area (TPSA) is 75.4 Å². The number of aromatic nitrogens is 2. The van der Waals surface area contributed by atoms with Crippen LogP contribution in [0.15, 0.2) is 36.5 Å². The molecular formula is C16H16F3N3O3. The smallest absolute Gasteiger partial charge is 0.416 e. The zero-order chi connectivity index (χ0) is 18.8. The Bertz CT molecular complexity index is 786. The maximum absolute atomic E-state index is 12.8. The molecule has 25 heavy (non-hydrogen) atoms. The van der Waals surface area contributed by atoms with Crippen LogP contribution in [0.4, 0.5) is 13.2 Å². The molecule has 0 saturated heterocycles. The fourth-order valence-electron chi connectivity index (χ4n) is 2.17. The predicted octanol–water partition coefficient (Wildman–Crippen LogP) is 2.68. The van der Waals surface area contributed by atoms with E-state index in [1.807, 2.05) is 0 Å². The quantitative estimate of drug-likeness (QED) is 0.895. The standard InChI is InChI=1S/C16H16F3N3O3/c1-10(15(24)25)9-21(2)14(23)13-6-7-22(20-13)12-5-3-4-11(8-12)16(17,18)19/h3-8,10H,9H2,1-2H3,(H,24,25). The Kier molecular flexibility index (Phi) is 5.15. The van der Waals surface area contributed by atoms with Crippen molar-refractivity contribution in [2.24, 2.45) is 5.92 Å². The van der Waals surface area contributed by atoms with E-state index in [0.717, 1.165) is 16.8 Å². The van der Waals surface area contributed by atoms with Crippen LogP contribution < -0.4 is 0 Å². The third kappa shape index (κ3) is 4.37. The summed E-state index contributed by atoms with van der Waals surface area (Å²) < 4.78 is 39.5. The molecule has 0 fully saturated rings. The van der Waals surface area contributed by atoms with E-state index in [9.17, 15) is 22.8 Å². The van der Waals surface area contributed by atoms with Crippen LogP contribution in [0.1, 0.15) is 23.0 Å². The zero-order valence-corrected chi connectivity index (χ0v) is 13.5. The molecule has 134 valence electrons. The second kappa shape index (κ2) is 6.96. The second-order valence-corrected chi connectivity index (χ2v) is 5.62. The lowest BCUT2D eigenvalue weighted by atomic mass is 10.2. The number of hydrogen-bond acceptors (Lipinski definition) is 3. The summed E-state index contributed by atoms with van der Waals surface area (Å²) in [5, 5.41) is 12.9. The van der Waals surface area contributed by atoms with Gasteiger partial charge in [-0.05, 0) is 24.3 Å². The molecule has 1 heterocycles. The normalized spacial score (nSPS) is 12.7. The molecule has 1 unspecified atom stereocenters. The number of nitrogens with zero attached hydrogens (tertiary/aromatic N) is 3. The SMILES string of the molecule is CC(CN(C)C(=O)c1ccn(-c2cccc(C(F)(F)F)c2)n1)C(=O)O. The number of aliphatic carboxylic acids is 1. The van der Waals surface area contributed by atoms with Crippen LogP contribution in [0.5, 0.6) is 0 Å². The number of carbonyl (C=O) groups excluding carboxylic acids is 1. The molecule has 1 N–H and O–H groups in total. The van der Waals surface area contributed by atoms with Crippen LogP contribution >= 0.6 is 0 Å². The number of amides is 1. The fraction of sp³-hybridized carbons (Fsp3) is 0.312. The summed E-state index contributed by atoms with van der Waals surface area (Å²) in [4.78, 5) is 24.3. The highest BCUT2D eigenvalue weighted by atomic mass is 19.4. The molecule has 0 saturated carbocycles. The van der Waals surface area contributed by atoms with Crippen LogP contribution in [-0.4, -0.2) is 45.3 Å². The van der Waals surface area contributed by atoms with E-state index in [1.165, 1.54) is 43.3 Å². The molecule has 1 atom stereocenters. The third-order valence-corrected chi connectivity index (χ3v) is 3.56. The van der Waals surface area contributed by atoms with Gasteiger partial charge in [0.25, 0.3) is 5.91 Å². The Morgan fingerprint density at radius 1 is 1.32 bits per heavy atom. The van der Waals surface area contributed by atoms with Crippen molar-refractivity contribution in [1.29, 1.82) is 0 Å². The number of hydrogen-bond donors (Lipinski definition) is 1. The van der Waals surface area contributed by atoms with Crippen LogP contribution in [-0.2, 0) is 11.0 Å². The van der Waals surface area contributed by atoms with E-state index in [0.29, 0.717) is 0 Å². The number of alkyl halides is 3. The third-order valence-electron chi connectivity index (χ3n) is 3.56. The average molecular weight is 355 g/mol.